The number of aromatic nitrogens is 1. The fourth-order valence-electron chi connectivity index (χ4n) is 7.20. The lowest BCUT2D eigenvalue weighted by molar-refractivity contribution is -0.127. The van der Waals surface area contributed by atoms with Gasteiger partial charge in [0.15, 0.2) is 5.54 Å². The predicted octanol–water partition coefficient (Wildman–Crippen LogP) is 4.90. The van der Waals surface area contributed by atoms with Crippen molar-refractivity contribution in [3.63, 3.8) is 0 Å². The van der Waals surface area contributed by atoms with Crippen LogP contribution in [0.3, 0.4) is 0 Å². The van der Waals surface area contributed by atoms with Crippen LogP contribution in [0, 0.1) is 0 Å². The maximum absolute atomic E-state index is 15.5. The first-order valence-electron chi connectivity index (χ1n) is 15.4. The van der Waals surface area contributed by atoms with Gasteiger partial charge >= 0.3 is 0 Å². The standard InChI is InChI=1S/C34H36ClN5O5S/c1-37-16-18-38(19-17-37)23-24-10-13-31(44-2)28(21-24)34(39-15-6-9-30(39)32-36-14-20-45-32)27-22-25(35)11-12-29(27)40(33(34)41)46(42,43)26-7-4-3-5-8-26/h3-5,7-8,10-14,20-22,30H,6,9,15-19,23H2,1-2H3. The quantitative estimate of drug-likeness (QED) is 0.261. The lowest BCUT2D eigenvalue weighted by Gasteiger charge is -2.41. The number of anilines is 1. The number of likely N-dealkylation sites (N-methyl/N-ethyl adjacent to an activating group) is 1. The third-order valence-electron chi connectivity index (χ3n) is 9.42. The molecule has 2 saturated heterocycles. The highest BCUT2D eigenvalue weighted by Gasteiger charge is 2.62. The van der Waals surface area contributed by atoms with E-state index in [-0.39, 0.29) is 10.6 Å². The van der Waals surface area contributed by atoms with Crippen LogP contribution in [-0.4, -0.2) is 80.9 Å². The number of carbonyl (C=O) groups excluding carboxylic acids is 1. The van der Waals surface area contributed by atoms with Crippen molar-refractivity contribution in [1.29, 1.82) is 0 Å². The molecular weight excluding hydrogens is 626 g/mol. The van der Waals surface area contributed by atoms with Gasteiger partial charge in [0.1, 0.15) is 12.0 Å². The second-order valence-electron chi connectivity index (χ2n) is 12.1. The molecule has 4 aromatic rings. The first-order valence-corrected chi connectivity index (χ1v) is 17.3. The Morgan fingerprint density at radius 1 is 1.00 bits per heavy atom. The van der Waals surface area contributed by atoms with Crippen molar-refractivity contribution in [1.82, 2.24) is 19.7 Å². The lowest BCUT2D eigenvalue weighted by Crippen LogP contribution is -2.54. The van der Waals surface area contributed by atoms with Crippen molar-refractivity contribution in [2.45, 2.75) is 35.9 Å². The molecule has 12 heteroatoms. The zero-order chi connectivity index (χ0) is 32.1. The monoisotopic (exact) mass is 661 g/mol. The van der Waals surface area contributed by atoms with E-state index in [9.17, 15) is 8.42 Å². The van der Waals surface area contributed by atoms with E-state index in [1.807, 2.05) is 23.1 Å². The van der Waals surface area contributed by atoms with Crippen LogP contribution in [0.25, 0.3) is 0 Å². The maximum Gasteiger partial charge on any atom is 0.271 e. The molecule has 0 radical (unpaired) electrons. The van der Waals surface area contributed by atoms with Gasteiger partial charge in [-0.15, -0.1) is 0 Å². The number of carbonyl (C=O) groups is 1. The molecule has 4 heterocycles. The number of amides is 1. The summed E-state index contributed by atoms with van der Waals surface area (Å²) in [5, 5.41) is 0.384. The highest BCUT2D eigenvalue weighted by molar-refractivity contribution is 7.93. The minimum atomic E-state index is -4.33. The minimum Gasteiger partial charge on any atom is -0.496 e. The van der Waals surface area contributed by atoms with E-state index in [2.05, 4.69) is 21.8 Å². The van der Waals surface area contributed by atoms with Crippen molar-refractivity contribution in [2.24, 2.45) is 0 Å². The van der Waals surface area contributed by atoms with Gasteiger partial charge in [-0.3, -0.25) is 14.6 Å². The molecule has 3 aromatic carbocycles. The van der Waals surface area contributed by atoms with Crippen LogP contribution < -0.4 is 9.04 Å². The molecule has 7 rings (SSSR count). The van der Waals surface area contributed by atoms with Crippen LogP contribution in [-0.2, 0) is 26.9 Å². The maximum atomic E-state index is 15.5. The molecule has 3 aliphatic rings. The number of nitrogens with zero attached hydrogens (tertiary/aromatic N) is 5. The molecule has 10 nitrogen and oxygen atoms in total. The SMILES string of the molecule is COc1ccc(CN2CCN(C)CC2)cc1C1(N2CCCC2c2ncco2)C(=O)N(S(=O)(=O)c2ccccc2)c2ccc(Cl)cc21. The minimum absolute atomic E-state index is 0.0153. The van der Waals surface area contributed by atoms with Gasteiger partial charge in [-0.25, -0.2) is 17.7 Å². The van der Waals surface area contributed by atoms with E-state index in [1.165, 1.54) is 18.4 Å². The molecule has 0 saturated carbocycles. The molecule has 1 aromatic heterocycles. The van der Waals surface area contributed by atoms with Crippen molar-refractivity contribution >= 4 is 33.2 Å². The Morgan fingerprint density at radius 3 is 2.50 bits per heavy atom. The molecular formula is C34H36ClN5O5S. The van der Waals surface area contributed by atoms with E-state index in [0.29, 0.717) is 47.3 Å². The second-order valence-corrected chi connectivity index (χ2v) is 14.3. The van der Waals surface area contributed by atoms with Crippen molar-refractivity contribution in [2.75, 3.05) is 51.2 Å². The number of halogens is 1. The van der Waals surface area contributed by atoms with Gasteiger partial charge in [0, 0.05) is 55.4 Å². The summed E-state index contributed by atoms with van der Waals surface area (Å²) in [6.07, 6.45) is 4.51. The number of sulfonamides is 1. The predicted molar refractivity (Wildman–Crippen MR) is 174 cm³/mol. The number of piperazine rings is 1. The lowest BCUT2D eigenvalue weighted by atomic mass is 9.80. The first kappa shape index (κ1) is 30.9. The molecule has 2 fully saturated rings. The molecule has 0 aliphatic carbocycles. The molecule has 240 valence electrons. The molecule has 0 spiro atoms. The number of likely N-dealkylation sites (tertiary alicyclic amines) is 1. The third-order valence-corrected chi connectivity index (χ3v) is 11.4. The number of oxazole rings is 1. The number of hydrogen-bond acceptors (Lipinski definition) is 9. The third kappa shape index (κ3) is 5.01. The summed E-state index contributed by atoms with van der Waals surface area (Å²) in [6.45, 7) is 4.93. The number of rotatable bonds is 8. The summed E-state index contributed by atoms with van der Waals surface area (Å²) < 4.78 is 41.6. The fraction of sp³-hybridized carbons (Fsp3) is 0.353. The summed E-state index contributed by atoms with van der Waals surface area (Å²) in [5.74, 6) is 0.311. The van der Waals surface area contributed by atoms with Gasteiger partial charge in [0.25, 0.3) is 15.9 Å². The summed E-state index contributed by atoms with van der Waals surface area (Å²) >= 11 is 6.68. The summed E-state index contributed by atoms with van der Waals surface area (Å²) in [4.78, 5) is 26.7. The number of methoxy groups -OCH3 is 1. The topological polar surface area (TPSA) is 99.4 Å². The molecule has 46 heavy (non-hydrogen) atoms. The number of hydrogen-bond donors (Lipinski definition) is 0. The average Bonchev–Trinajstić information content (AvgIpc) is 3.82. The van der Waals surface area contributed by atoms with Crippen LogP contribution in [0.5, 0.6) is 5.75 Å². The van der Waals surface area contributed by atoms with Gasteiger partial charge in [0.2, 0.25) is 5.89 Å². The van der Waals surface area contributed by atoms with Crippen molar-refractivity contribution < 1.29 is 22.4 Å². The zero-order valence-corrected chi connectivity index (χ0v) is 27.4. The summed E-state index contributed by atoms with van der Waals surface area (Å²) in [7, 11) is -0.640. The highest BCUT2D eigenvalue weighted by atomic mass is 35.5. The Labute approximate surface area is 274 Å². The van der Waals surface area contributed by atoms with E-state index >= 15 is 4.79 Å². The molecule has 0 N–H and O–H groups in total. The molecule has 0 bridgehead atoms. The second kappa shape index (κ2) is 12.1. The first-order chi connectivity index (χ1) is 22.2. The normalized spacial score (nSPS) is 22.8. The van der Waals surface area contributed by atoms with Gasteiger partial charge < -0.3 is 14.1 Å². The van der Waals surface area contributed by atoms with Crippen molar-refractivity contribution in [3.8, 4) is 5.75 Å². The molecule has 2 unspecified atom stereocenters. The van der Waals surface area contributed by atoms with E-state index in [0.717, 1.165) is 42.5 Å². The average molecular weight is 662 g/mol. The molecule has 1 amide bonds. The van der Waals surface area contributed by atoms with Crippen LogP contribution in [0.1, 0.15) is 41.5 Å². The smallest absolute Gasteiger partial charge is 0.271 e. The van der Waals surface area contributed by atoms with E-state index in [4.69, 9.17) is 20.8 Å². The Morgan fingerprint density at radius 2 is 1.78 bits per heavy atom. The molecule has 2 atom stereocenters. The van der Waals surface area contributed by atoms with Gasteiger partial charge in [-0.2, -0.15) is 0 Å². The Kier molecular flexibility index (Phi) is 8.14. The molecule has 3 aliphatic heterocycles. The van der Waals surface area contributed by atoms with Crippen LogP contribution in [0.4, 0.5) is 5.69 Å². The highest BCUT2D eigenvalue weighted by Crippen LogP contribution is 2.56. The Hall–Kier alpha value is -3.74. The zero-order valence-electron chi connectivity index (χ0n) is 25.8. The van der Waals surface area contributed by atoms with Gasteiger partial charge in [0.05, 0.1) is 29.9 Å². The number of ether oxygens (including phenoxy) is 1. The Balaban J connectivity index is 1.48. The van der Waals surface area contributed by atoms with Gasteiger partial charge in [-0.05, 0) is 67.9 Å². The van der Waals surface area contributed by atoms with Crippen LogP contribution >= 0.6 is 11.6 Å². The number of benzene rings is 3. The largest absolute Gasteiger partial charge is 0.496 e. The van der Waals surface area contributed by atoms with Crippen LogP contribution in [0.15, 0.2) is 88.5 Å². The Bertz CT molecular complexity index is 1850. The fourth-order valence-corrected chi connectivity index (χ4v) is 8.85. The van der Waals surface area contributed by atoms with Gasteiger partial charge in [-0.1, -0.05) is 35.9 Å². The van der Waals surface area contributed by atoms with Crippen LogP contribution in [0.2, 0.25) is 5.02 Å². The van der Waals surface area contributed by atoms with E-state index < -0.39 is 27.5 Å². The van der Waals surface area contributed by atoms with E-state index in [1.54, 1.807) is 49.7 Å². The summed E-state index contributed by atoms with van der Waals surface area (Å²) in [5.41, 5.74) is 0.647. The number of fused-ring (bicyclic) bond motifs is 1. The summed E-state index contributed by atoms with van der Waals surface area (Å²) in [6, 6.07) is 18.5. The van der Waals surface area contributed by atoms with Crippen molar-refractivity contribution in [3.05, 3.63) is 107 Å².